The van der Waals surface area contributed by atoms with E-state index in [4.69, 9.17) is 5.73 Å². The highest BCUT2D eigenvalue weighted by Gasteiger charge is 2.43. The molecular formula is C21H23F3N2O6S2. The zero-order valence-corrected chi connectivity index (χ0v) is 19.6. The van der Waals surface area contributed by atoms with Gasteiger partial charge in [-0.15, -0.1) is 0 Å². The summed E-state index contributed by atoms with van der Waals surface area (Å²) in [6, 6.07) is 13.0. The van der Waals surface area contributed by atoms with Gasteiger partial charge in [-0.05, 0) is 30.0 Å². The third kappa shape index (κ3) is 6.14. The standard InChI is InChI=1S/C21H23F3N2O6S2/c1-33(28,29)26-12-16(14-6-3-2-4-7-14)10-17(26)13-34(30,31)18-9-5-8-15(11-18)19(25)32-20(27)21(22,23)24/h2-9,11,16-17,19H,10,12-13,25H2,1H3. The summed E-state index contributed by atoms with van der Waals surface area (Å²) < 4.78 is 93.5. The first kappa shape index (κ1) is 26.1. The molecule has 1 aliphatic heterocycles. The van der Waals surface area contributed by atoms with Crippen molar-refractivity contribution in [2.75, 3.05) is 18.6 Å². The number of benzene rings is 2. The molecule has 0 spiro atoms. The number of nitrogens with zero attached hydrogens (tertiary/aromatic N) is 1. The maximum absolute atomic E-state index is 13.1. The fourth-order valence-electron chi connectivity index (χ4n) is 3.90. The van der Waals surface area contributed by atoms with E-state index in [1.807, 2.05) is 30.3 Å². The number of carbonyl (C=O) groups excluding carboxylic acids is 1. The predicted molar refractivity (Wildman–Crippen MR) is 117 cm³/mol. The number of alkyl halides is 3. The Balaban J connectivity index is 1.83. The quantitative estimate of drug-likeness (QED) is 0.439. The number of nitrogens with two attached hydrogens (primary N) is 1. The lowest BCUT2D eigenvalue weighted by molar-refractivity contribution is -0.205. The van der Waals surface area contributed by atoms with Gasteiger partial charge in [-0.2, -0.15) is 17.5 Å². The van der Waals surface area contributed by atoms with Gasteiger partial charge in [0.25, 0.3) is 0 Å². The van der Waals surface area contributed by atoms with Crippen LogP contribution in [-0.2, 0) is 29.4 Å². The second kappa shape index (κ2) is 9.64. The minimum Gasteiger partial charge on any atom is -0.436 e. The number of esters is 1. The van der Waals surface area contributed by atoms with Crippen LogP contribution in [0.2, 0.25) is 0 Å². The van der Waals surface area contributed by atoms with Crippen molar-refractivity contribution in [3.8, 4) is 0 Å². The number of carbonyl (C=O) groups is 1. The highest BCUT2D eigenvalue weighted by Crippen LogP contribution is 2.35. The number of hydrogen-bond acceptors (Lipinski definition) is 7. The van der Waals surface area contributed by atoms with Gasteiger partial charge in [0.15, 0.2) is 16.1 Å². The van der Waals surface area contributed by atoms with Crippen molar-refractivity contribution in [3.63, 3.8) is 0 Å². The third-order valence-electron chi connectivity index (χ3n) is 5.48. The Morgan fingerprint density at radius 3 is 2.35 bits per heavy atom. The van der Waals surface area contributed by atoms with Crippen LogP contribution >= 0.6 is 0 Å². The van der Waals surface area contributed by atoms with Crippen LogP contribution in [0.1, 0.15) is 29.7 Å². The fraction of sp³-hybridized carbons (Fsp3) is 0.381. The van der Waals surface area contributed by atoms with E-state index in [2.05, 4.69) is 4.74 Å². The smallest absolute Gasteiger partial charge is 0.436 e. The van der Waals surface area contributed by atoms with E-state index in [-0.39, 0.29) is 29.3 Å². The van der Waals surface area contributed by atoms with Gasteiger partial charge in [-0.3, -0.25) is 5.73 Å². The summed E-state index contributed by atoms with van der Waals surface area (Å²) in [4.78, 5) is 10.8. The monoisotopic (exact) mass is 520 g/mol. The molecule has 0 radical (unpaired) electrons. The molecule has 1 fully saturated rings. The molecule has 0 aromatic heterocycles. The van der Waals surface area contributed by atoms with E-state index in [9.17, 15) is 34.8 Å². The third-order valence-corrected chi connectivity index (χ3v) is 8.58. The Morgan fingerprint density at radius 1 is 1.12 bits per heavy atom. The van der Waals surface area contributed by atoms with Gasteiger partial charge in [0.2, 0.25) is 10.0 Å². The Hall–Kier alpha value is -2.48. The Bertz CT molecular complexity index is 1250. The van der Waals surface area contributed by atoms with Gasteiger partial charge < -0.3 is 4.74 Å². The number of ether oxygens (including phenoxy) is 1. The number of sulfone groups is 1. The summed E-state index contributed by atoms with van der Waals surface area (Å²) in [6.07, 6.45) is -5.81. The lowest BCUT2D eigenvalue weighted by Crippen LogP contribution is -2.39. The Morgan fingerprint density at radius 2 is 1.76 bits per heavy atom. The van der Waals surface area contributed by atoms with E-state index >= 15 is 0 Å². The van der Waals surface area contributed by atoms with Crippen LogP contribution in [0.3, 0.4) is 0 Å². The van der Waals surface area contributed by atoms with Gasteiger partial charge in [0.05, 0.1) is 16.9 Å². The van der Waals surface area contributed by atoms with Crippen LogP contribution in [0.4, 0.5) is 13.2 Å². The number of rotatable bonds is 7. The van der Waals surface area contributed by atoms with E-state index in [1.165, 1.54) is 18.2 Å². The molecule has 8 nitrogen and oxygen atoms in total. The normalized spacial score (nSPS) is 20.7. The number of halogens is 3. The minimum atomic E-state index is -5.26. The van der Waals surface area contributed by atoms with Crippen LogP contribution in [0.25, 0.3) is 0 Å². The molecule has 3 rings (SSSR count). The van der Waals surface area contributed by atoms with Gasteiger partial charge >= 0.3 is 12.1 Å². The first-order valence-corrected chi connectivity index (χ1v) is 13.6. The maximum atomic E-state index is 13.1. The van der Waals surface area contributed by atoms with Crippen molar-refractivity contribution in [3.05, 3.63) is 65.7 Å². The highest BCUT2D eigenvalue weighted by molar-refractivity contribution is 7.91. The summed E-state index contributed by atoms with van der Waals surface area (Å²) >= 11 is 0. The van der Waals surface area contributed by atoms with Crippen molar-refractivity contribution in [1.29, 1.82) is 0 Å². The molecule has 0 amide bonds. The van der Waals surface area contributed by atoms with Crippen LogP contribution in [0.15, 0.2) is 59.5 Å². The van der Waals surface area contributed by atoms with Crippen molar-refractivity contribution in [1.82, 2.24) is 4.31 Å². The van der Waals surface area contributed by atoms with Crippen molar-refractivity contribution in [2.45, 2.75) is 35.7 Å². The van der Waals surface area contributed by atoms with Crippen molar-refractivity contribution >= 4 is 25.8 Å². The highest BCUT2D eigenvalue weighted by atomic mass is 32.2. The first-order chi connectivity index (χ1) is 15.7. The molecule has 0 saturated carbocycles. The molecular weight excluding hydrogens is 497 g/mol. The second-order valence-corrected chi connectivity index (χ2v) is 12.0. The van der Waals surface area contributed by atoms with Crippen molar-refractivity contribution in [2.24, 2.45) is 5.73 Å². The first-order valence-electron chi connectivity index (χ1n) is 10.1. The van der Waals surface area contributed by atoms with Gasteiger partial charge in [-0.1, -0.05) is 42.5 Å². The van der Waals surface area contributed by atoms with E-state index in [0.29, 0.717) is 0 Å². The van der Waals surface area contributed by atoms with Gasteiger partial charge in [-0.25, -0.2) is 21.6 Å². The summed E-state index contributed by atoms with van der Waals surface area (Å²) in [7, 11) is -7.79. The molecule has 3 atom stereocenters. The maximum Gasteiger partial charge on any atom is 0.490 e. The summed E-state index contributed by atoms with van der Waals surface area (Å²) in [6.45, 7) is 0.126. The summed E-state index contributed by atoms with van der Waals surface area (Å²) in [5, 5.41) is 0. The average Bonchev–Trinajstić information content (AvgIpc) is 3.17. The molecule has 186 valence electrons. The molecule has 34 heavy (non-hydrogen) atoms. The number of hydrogen-bond donors (Lipinski definition) is 1. The SMILES string of the molecule is CS(=O)(=O)N1CC(c2ccccc2)CC1CS(=O)(=O)c1cccc(C(N)OC(=O)C(F)(F)F)c1. The minimum absolute atomic E-state index is 0.126. The molecule has 3 unspecified atom stereocenters. The molecule has 0 aliphatic carbocycles. The summed E-state index contributed by atoms with van der Waals surface area (Å²) in [5.41, 5.74) is 6.23. The molecule has 13 heteroatoms. The van der Waals surface area contributed by atoms with Crippen LogP contribution < -0.4 is 5.73 Å². The van der Waals surface area contributed by atoms with Gasteiger partial charge in [0, 0.05) is 18.2 Å². The molecule has 1 saturated heterocycles. The van der Waals surface area contributed by atoms with Crippen LogP contribution in [-0.4, -0.2) is 57.9 Å². The zero-order valence-electron chi connectivity index (χ0n) is 18.0. The van der Waals surface area contributed by atoms with Crippen LogP contribution in [0, 0.1) is 0 Å². The topological polar surface area (TPSA) is 124 Å². The largest absolute Gasteiger partial charge is 0.490 e. The lowest BCUT2D eigenvalue weighted by atomic mass is 9.97. The molecule has 2 aromatic carbocycles. The molecule has 2 aromatic rings. The van der Waals surface area contributed by atoms with Crippen LogP contribution in [0.5, 0.6) is 0 Å². The number of sulfonamides is 1. The molecule has 2 N–H and O–H groups in total. The Kier molecular flexibility index (Phi) is 7.41. The predicted octanol–water partition coefficient (Wildman–Crippen LogP) is 2.34. The van der Waals surface area contributed by atoms with E-state index < -0.39 is 50.0 Å². The van der Waals surface area contributed by atoms with E-state index in [1.54, 1.807) is 0 Å². The molecule has 1 aliphatic rings. The summed E-state index contributed by atoms with van der Waals surface area (Å²) in [5.74, 6) is -3.24. The molecule has 1 heterocycles. The van der Waals surface area contributed by atoms with Gasteiger partial charge in [0.1, 0.15) is 0 Å². The average molecular weight is 521 g/mol. The van der Waals surface area contributed by atoms with Crippen molar-refractivity contribution < 1.29 is 39.5 Å². The zero-order chi connectivity index (χ0) is 25.3. The fourth-order valence-corrected chi connectivity index (χ4v) is 6.76. The molecule has 0 bridgehead atoms. The van der Waals surface area contributed by atoms with E-state index in [0.717, 1.165) is 22.2 Å². The lowest BCUT2D eigenvalue weighted by Gasteiger charge is -2.22. The Labute approximate surface area is 195 Å². The second-order valence-electron chi connectivity index (χ2n) is 8.01.